The summed E-state index contributed by atoms with van der Waals surface area (Å²) in [6.07, 6.45) is -4.36. The van der Waals surface area contributed by atoms with E-state index in [0.717, 1.165) is 13.1 Å². The van der Waals surface area contributed by atoms with Gasteiger partial charge in [0, 0.05) is 38.3 Å². The molecular formula is C20H28BrF3N2O4. The van der Waals surface area contributed by atoms with Crippen molar-refractivity contribution in [2.75, 3.05) is 32.8 Å². The first kappa shape index (κ1) is 24.6. The molecule has 30 heavy (non-hydrogen) atoms. The van der Waals surface area contributed by atoms with Crippen molar-refractivity contribution in [1.82, 2.24) is 9.80 Å². The number of ether oxygens (including phenoxy) is 3. The van der Waals surface area contributed by atoms with Gasteiger partial charge in [-0.3, -0.25) is 4.90 Å². The van der Waals surface area contributed by atoms with Crippen LogP contribution in [0.25, 0.3) is 0 Å². The molecule has 170 valence electrons. The Balaban J connectivity index is 1.77. The molecule has 1 fully saturated rings. The minimum atomic E-state index is -4.75. The average molecular weight is 497 g/mol. The predicted octanol–water partition coefficient (Wildman–Crippen LogP) is 5.06. The van der Waals surface area contributed by atoms with Gasteiger partial charge in [0.05, 0.1) is 11.1 Å². The number of amides is 1. The summed E-state index contributed by atoms with van der Waals surface area (Å²) in [7, 11) is 0. The second-order valence-electron chi connectivity index (χ2n) is 8.15. The van der Waals surface area contributed by atoms with Gasteiger partial charge < -0.3 is 19.1 Å². The molecule has 0 aliphatic carbocycles. The fourth-order valence-electron chi connectivity index (χ4n) is 3.06. The molecule has 0 radical (unpaired) electrons. The molecule has 1 saturated heterocycles. The molecule has 1 aromatic rings. The maximum Gasteiger partial charge on any atom is 0.573 e. The molecule has 2 rings (SSSR count). The summed E-state index contributed by atoms with van der Waals surface area (Å²) in [5.41, 5.74) is -0.522. The third-order valence-electron chi connectivity index (χ3n) is 4.40. The van der Waals surface area contributed by atoms with E-state index in [1.807, 2.05) is 27.7 Å². The van der Waals surface area contributed by atoms with Crippen molar-refractivity contribution in [1.29, 1.82) is 0 Å². The molecule has 1 amide bonds. The lowest BCUT2D eigenvalue weighted by Crippen LogP contribution is -2.54. The molecule has 10 heteroatoms. The van der Waals surface area contributed by atoms with Gasteiger partial charge in [-0.1, -0.05) is 0 Å². The van der Waals surface area contributed by atoms with Crippen LogP contribution >= 0.6 is 15.9 Å². The topological polar surface area (TPSA) is 51.2 Å². The van der Waals surface area contributed by atoms with E-state index in [9.17, 15) is 18.0 Å². The third-order valence-corrected chi connectivity index (χ3v) is 5.06. The highest BCUT2D eigenvalue weighted by Gasteiger charge is 2.31. The van der Waals surface area contributed by atoms with Gasteiger partial charge in [-0.2, -0.15) is 0 Å². The zero-order valence-corrected chi connectivity index (χ0v) is 19.2. The maximum atomic E-state index is 12.4. The lowest BCUT2D eigenvalue weighted by atomic mass is 10.2. The molecule has 1 heterocycles. The fourth-order valence-corrected chi connectivity index (χ4v) is 3.42. The Labute approximate surface area is 183 Å². The molecule has 0 saturated carbocycles. The van der Waals surface area contributed by atoms with E-state index in [-0.39, 0.29) is 17.9 Å². The molecule has 1 aliphatic rings. The van der Waals surface area contributed by atoms with Crippen molar-refractivity contribution in [3.05, 3.63) is 22.7 Å². The molecule has 6 nitrogen and oxygen atoms in total. The van der Waals surface area contributed by atoms with Crippen LogP contribution in [0.1, 0.15) is 34.1 Å². The van der Waals surface area contributed by atoms with Gasteiger partial charge in [-0.05, 0) is 62.2 Å². The normalized spacial score (nSPS) is 18.3. The zero-order valence-electron chi connectivity index (χ0n) is 17.6. The van der Waals surface area contributed by atoms with Gasteiger partial charge in [0.1, 0.15) is 17.1 Å². The maximum absolute atomic E-state index is 12.4. The summed E-state index contributed by atoms with van der Waals surface area (Å²) in [4.78, 5) is 16.2. The molecule has 0 N–H and O–H groups in total. The Morgan fingerprint density at radius 3 is 2.53 bits per heavy atom. The average Bonchev–Trinajstić information content (AvgIpc) is 2.59. The number of piperazine rings is 1. The van der Waals surface area contributed by atoms with E-state index < -0.39 is 12.0 Å². The highest BCUT2D eigenvalue weighted by molar-refractivity contribution is 9.10. The SMILES string of the molecule is C[C@@H]1CN(C(=O)OC(C)(C)C)CCN1CCCOc1cc(OC(F)(F)F)ccc1Br. The van der Waals surface area contributed by atoms with E-state index in [1.54, 1.807) is 4.90 Å². The summed E-state index contributed by atoms with van der Waals surface area (Å²) >= 11 is 3.27. The second-order valence-corrected chi connectivity index (χ2v) is 9.01. The van der Waals surface area contributed by atoms with Crippen molar-refractivity contribution in [3.8, 4) is 11.5 Å². The Morgan fingerprint density at radius 1 is 1.23 bits per heavy atom. The van der Waals surface area contributed by atoms with Crippen LogP contribution in [-0.4, -0.2) is 66.7 Å². The molecule has 1 atom stereocenters. The van der Waals surface area contributed by atoms with Gasteiger partial charge >= 0.3 is 12.5 Å². The Morgan fingerprint density at radius 2 is 1.93 bits per heavy atom. The number of halogens is 4. The van der Waals surface area contributed by atoms with Gasteiger partial charge in [-0.25, -0.2) is 4.79 Å². The highest BCUT2D eigenvalue weighted by atomic mass is 79.9. The van der Waals surface area contributed by atoms with Crippen LogP contribution in [0.4, 0.5) is 18.0 Å². The summed E-state index contributed by atoms with van der Waals surface area (Å²) < 4.78 is 52.6. The van der Waals surface area contributed by atoms with E-state index in [4.69, 9.17) is 9.47 Å². The minimum Gasteiger partial charge on any atom is -0.492 e. The van der Waals surface area contributed by atoms with Crippen LogP contribution in [-0.2, 0) is 4.74 Å². The molecule has 0 unspecified atom stereocenters. The Kier molecular flexibility index (Phi) is 8.27. The quantitative estimate of drug-likeness (QED) is 0.515. The first-order valence-corrected chi connectivity index (χ1v) is 10.5. The van der Waals surface area contributed by atoms with Crippen molar-refractivity contribution in [2.45, 2.75) is 52.1 Å². The van der Waals surface area contributed by atoms with Crippen molar-refractivity contribution in [3.63, 3.8) is 0 Å². The first-order chi connectivity index (χ1) is 13.8. The van der Waals surface area contributed by atoms with E-state index in [0.29, 0.717) is 36.3 Å². The zero-order chi connectivity index (χ0) is 22.5. The van der Waals surface area contributed by atoms with Crippen LogP contribution in [0.3, 0.4) is 0 Å². The summed E-state index contributed by atoms with van der Waals surface area (Å²) in [6.45, 7) is 10.5. The second kappa shape index (κ2) is 10.1. The Hall–Kier alpha value is -1.68. The van der Waals surface area contributed by atoms with Gasteiger partial charge in [0.2, 0.25) is 0 Å². The van der Waals surface area contributed by atoms with E-state index in [1.165, 1.54) is 18.2 Å². The lowest BCUT2D eigenvalue weighted by Gasteiger charge is -2.40. The smallest absolute Gasteiger partial charge is 0.492 e. The number of hydrogen-bond donors (Lipinski definition) is 0. The van der Waals surface area contributed by atoms with Gasteiger partial charge in [-0.15, -0.1) is 13.2 Å². The van der Waals surface area contributed by atoms with Gasteiger partial charge in [0.15, 0.2) is 0 Å². The first-order valence-electron chi connectivity index (χ1n) is 9.74. The van der Waals surface area contributed by atoms with Crippen molar-refractivity contribution >= 4 is 22.0 Å². The number of benzene rings is 1. The molecule has 0 spiro atoms. The van der Waals surface area contributed by atoms with Crippen LogP contribution in [0.2, 0.25) is 0 Å². The molecule has 1 aromatic carbocycles. The minimum absolute atomic E-state index is 0.168. The molecule has 0 aromatic heterocycles. The monoisotopic (exact) mass is 496 g/mol. The molecule has 0 bridgehead atoms. The van der Waals surface area contributed by atoms with Crippen molar-refractivity contribution < 1.29 is 32.2 Å². The number of carbonyl (C=O) groups is 1. The molecular weight excluding hydrogens is 469 g/mol. The van der Waals surface area contributed by atoms with Crippen LogP contribution < -0.4 is 9.47 Å². The number of carbonyl (C=O) groups excluding carboxylic acids is 1. The van der Waals surface area contributed by atoms with Crippen LogP contribution in [0.15, 0.2) is 22.7 Å². The summed E-state index contributed by atoms with van der Waals surface area (Å²) in [5.74, 6) is -0.0351. The number of nitrogens with zero attached hydrogens (tertiary/aromatic N) is 2. The van der Waals surface area contributed by atoms with E-state index >= 15 is 0 Å². The van der Waals surface area contributed by atoms with Crippen molar-refractivity contribution in [2.24, 2.45) is 0 Å². The van der Waals surface area contributed by atoms with Crippen LogP contribution in [0, 0.1) is 0 Å². The number of alkyl halides is 3. The van der Waals surface area contributed by atoms with Gasteiger partial charge in [0.25, 0.3) is 0 Å². The highest BCUT2D eigenvalue weighted by Crippen LogP contribution is 2.32. The Bertz CT molecular complexity index is 725. The van der Waals surface area contributed by atoms with Crippen LogP contribution in [0.5, 0.6) is 11.5 Å². The largest absolute Gasteiger partial charge is 0.573 e. The summed E-state index contributed by atoms with van der Waals surface area (Å²) in [5, 5.41) is 0. The molecule has 1 aliphatic heterocycles. The lowest BCUT2D eigenvalue weighted by molar-refractivity contribution is -0.274. The number of hydrogen-bond acceptors (Lipinski definition) is 5. The summed E-state index contributed by atoms with van der Waals surface area (Å²) in [6, 6.07) is 4.05. The number of rotatable bonds is 6. The standard InChI is InChI=1S/C20H28BrF3N2O4/c1-14-13-26(18(27)30-19(2,3)4)10-9-25(14)8-5-11-28-17-12-15(6-7-16(17)21)29-20(22,23)24/h6-7,12,14H,5,8-11,13H2,1-4H3/t14-/m1/s1. The third kappa shape index (κ3) is 8.22. The van der Waals surface area contributed by atoms with E-state index in [2.05, 4.69) is 25.6 Å². The predicted molar refractivity (Wildman–Crippen MR) is 110 cm³/mol. The fraction of sp³-hybridized carbons (Fsp3) is 0.650.